The minimum absolute atomic E-state index is 0.277. The number of likely N-dealkylation sites (tertiary alicyclic amines) is 1. The number of carbonyl (C=O) groups is 1. The maximum absolute atomic E-state index is 12.3. The zero-order valence-corrected chi connectivity index (χ0v) is 14.1. The Morgan fingerprint density at radius 3 is 2.62 bits per heavy atom. The van der Waals surface area contributed by atoms with Gasteiger partial charge in [-0.1, -0.05) is 0 Å². The molecule has 0 unspecified atom stereocenters. The molecule has 24 heavy (non-hydrogen) atoms. The third kappa shape index (κ3) is 2.93. The van der Waals surface area contributed by atoms with Gasteiger partial charge in [0.25, 0.3) is 5.78 Å². The molecule has 0 spiro atoms. The number of nitrogens with zero attached hydrogens (tertiary/aromatic N) is 7. The summed E-state index contributed by atoms with van der Waals surface area (Å²) in [5, 5.41) is 4.28. The molecule has 0 N–H and O–H groups in total. The van der Waals surface area contributed by atoms with Crippen LogP contribution in [0, 0.1) is 6.92 Å². The molecule has 2 aliphatic rings. The van der Waals surface area contributed by atoms with E-state index in [1.165, 1.54) is 6.33 Å². The Morgan fingerprint density at radius 2 is 1.88 bits per heavy atom. The van der Waals surface area contributed by atoms with Gasteiger partial charge in [-0.3, -0.25) is 9.69 Å². The summed E-state index contributed by atoms with van der Waals surface area (Å²) in [6, 6.07) is 2.05. The molecule has 2 aromatic rings. The number of piperazine rings is 1. The summed E-state index contributed by atoms with van der Waals surface area (Å²) in [6.07, 6.45) is 3.83. The van der Waals surface area contributed by atoms with Crippen LogP contribution in [0.1, 0.15) is 18.5 Å². The fraction of sp³-hybridized carbons (Fsp3) is 0.625. The standard InChI is InChI=1S/C16H23N7O/c1-13-10-14(23-16(19-13)17-12-18-23)21-8-6-20(7-9-21)11-15(24)22-4-2-3-5-22/h10,12H,2-9,11H2,1H3. The van der Waals surface area contributed by atoms with Gasteiger partial charge in [0.05, 0.1) is 6.54 Å². The van der Waals surface area contributed by atoms with E-state index in [0.717, 1.165) is 63.6 Å². The van der Waals surface area contributed by atoms with Gasteiger partial charge in [0.1, 0.15) is 12.1 Å². The first-order valence-corrected chi connectivity index (χ1v) is 8.63. The van der Waals surface area contributed by atoms with Crippen LogP contribution in [0.2, 0.25) is 0 Å². The number of aromatic nitrogens is 4. The monoisotopic (exact) mass is 329 g/mol. The third-order valence-corrected chi connectivity index (χ3v) is 4.88. The summed E-state index contributed by atoms with van der Waals surface area (Å²) in [4.78, 5) is 27.4. The number of hydrogen-bond acceptors (Lipinski definition) is 6. The highest BCUT2D eigenvalue weighted by Gasteiger charge is 2.24. The summed E-state index contributed by atoms with van der Waals surface area (Å²) in [5.41, 5.74) is 0.942. The van der Waals surface area contributed by atoms with Gasteiger partial charge in [-0.15, -0.1) is 0 Å². The molecule has 2 aromatic heterocycles. The highest BCUT2D eigenvalue weighted by molar-refractivity contribution is 5.78. The second-order valence-electron chi connectivity index (χ2n) is 6.58. The predicted molar refractivity (Wildman–Crippen MR) is 90.0 cm³/mol. The minimum Gasteiger partial charge on any atom is -0.354 e. The molecular formula is C16H23N7O. The van der Waals surface area contributed by atoms with E-state index in [9.17, 15) is 4.79 Å². The molecule has 0 aliphatic carbocycles. The van der Waals surface area contributed by atoms with E-state index >= 15 is 0 Å². The van der Waals surface area contributed by atoms with Crippen molar-refractivity contribution in [2.24, 2.45) is 0 Å². The van der Waals surface area contributed by atoms with Gasteiger partial charge in [0.2, 0.25) is 5.91 Å². The molecule has 1 amide bonds. The largest absolute Gasteiger partial charge is 0.354 e. The van der Waals surface area contributed by atoms with E-state index in [0.29, 0.717) is 12.3 Å². The molecule has 0 atom stereocenters. The molecule has 2 saturated heterocycles. The molecule has 0 saturated carbocycles. The van der Waals surface area contributed by atoms with Gasteiger partial charge < -0.3 is 9.80 Å². The van der Waals surface area contributed by atoms with E-state index in [-0.39, 0.29) is 5.91 Å². The molecule has 0 bridgehead atoms. The number of carbonyl (C=O) groups excluding carboxylic acids is 1. The minimum atomic E-state index is 0.277. The third-order valence-electron chi connectivity index (χ3n) is 4.88. The SMILES string of the molecule is Cc1cc(N2CCN(CC(=O)N3CCCC3)CC2)n2ncnc2n1. The zero-order chi connectivity index (χ0) is 16.5. The van der Waals surface area contributed by atoms with Crippen molar-refractivity contribution in [3.05, 3.63) is 18.1 Å². The summed E-state index contributed by atoms with van der Waals surface area (Å²) in [7, 11) is 0. The van der Waals surface area contributed by atoms with Crippen molar-refractivity contribution in [1.29, 1.82) is 0 Å². The van der Waals surface area contributed by atoms with Crippen LogP contribution in [0.15, 0.2) is 12.4 Å². The zero-order valence-electron chi connectivity index (χ0n) is 14.1. The van der Waals surface area contributed by atoms with Crippen molar-refractivity contribution in [1.82, 2.24) is 29.4 Å². The first kappa shape index (κ1) is 15.3. The van der Waals surface area contributed by atoms with Crippen LogP contribution in [0.25, 0.3) is 5.78 Å². The Hall–Kier alpha value is -2.22. The Bertz CT molecular complexity index is 729. The Kier molecular flexibility index (Phi) is 4.05. The van der Waals surface area contributed by atoms with Gasteiger partial charge in [-0.2, -0.15) is 14.6 Å². The quantitative estimate of drug-likeness (QED) is 0.800. The first-order valence-electron chi connectivity index (χ1n) is 8.63. The van der Waals surface area contributed by atoms with E-state index in [2.05, 4.69) is 24.9 Å². The molecule has 4 heterocycles. The fourth-order valence-corrected chi connectivity index (χ4v) is 3.53. The second-order valence-corrected chi connectivity index (χ2v) is 6.58. The molecule has 2 fully saturated rings. The molecule has 128 valence electrons. The predicted octanol–water partition coefficient (Wildman–Crippen LogP) is 0.177. The van der Waals surface area contributed by atoms with Gasteiger partial charge in [-0.05, 0) is 19.8 Å². The maximum Gasteiger partial charge on any atom is 0.254 e. The van der Waals surface area contributed by atoms with Crippen LogP contribution in [0.4, 0.5) is 5.82 Å². The first-order chi connectivity index (χ1) is 11.7. The lowest BCUT2D eigenvalue weighted by Crippen LogP contribution is -2.50. The molecule has 0 radical (unpaired) electrons. The van der Waals surface area contributed by atoms with Crippen molar-refractivity contribution in [2.75, 3.05) is 50.7 Å². The lowest BCUT2D eigenvalue weighted by Gasteiger charge is -2.36. The lowest BCUT2D eigenvalue weighted by atomic mass is 10.3. The van der Waals surface area contributed by atoms with Gasteiger partial charge in [-0.25, -0.2) is 4.98 Å². The van der Waals surface area contributed by atoms with Crippen LogP contribution in [0.3, 0.4) is 0 Å². The topological polar surface area (TPSA) is 69.9 Å². The number of aryl methyl sites for hydroxylation is 1. The molecule has 4 rings (SSSR count). The average Bonchev–Trinajstić information content (AvgIpc) is 3.26. The second kappa shape index (κ2) is 6.35. The van der Waals surface area contributed by atoms with Gasteiger partial charge >= 0.3 is 0 Å². The van der Waals surface area contributed by atoms with Crippen molar-refractivity contribution < 1.29 is 4.79 Å². The van der Waals surface area contributed by atoms with E-state index in [4.69, 9.17) is 0 Å². The molecular weight excluding hydrogens is 306 g/mol. The Labute approximate surface area is 141 Å². The Morgan fingerprint density at radius 1 is 1.12 bits per heavy atom. The van der Waals surface area contributed by atoms with E-state index in [1.807, 2.05) is 17.9 Å². The molecule has 8 heteroatoms. The fourth-order valence-electron chi connectivity index (χ4n) is 3.53. The number of fused-ring (bicyclic) bond motifs is 1. The summed E-state index contributed by atoms with van der Waals surface area (Å²) in [5.74, 6) is 1.94. The normalized spacial score (nSPS) is 19.4. The van der Waals surface area contributed by atoms with Crippen molar-refractivity contribution in [2.45, 2.75) is 19.8 Å². The maximum atomic E-state index is 12.3. The number of amides is 1. The Balaban J connectivity index is 1.40. The average molecular weight is 329 g/mol. The summed E-state index contributed by atoms with van der Waals surface area (Å²) in [6.45, 7) is 7.91. The summed E-state index contributed by atoms with van der Waals surface area (Å²) >= 11 is 0. The number of rotatable bonds is 3. The molecule has 8 nitrogen and oxygen atoms in total. The smallest absolute Gasteiger partial charge is 0.254 e. The highest BCUT2D eigenvalue weighted by atomic mass is 16.2. The number of anilines is 1. The van der Waals surface area contributed by atoms with E-state index in [1.54, 1.807) is 4.52 Å². The molecule has 0 aromatic carbocycles. The molecule has 2 aliphatic heterocycles. The van der Waals surface area contributed by atoms with Crippen LogP contribution in [-0.4, -0.2) is 81.1 Å². The van der Waals surface area contributed by atoms with Crippen LogP contribution >= 0.6 is 0 Å². The van der Waals surface area contributed by atoms with Gasteiger partial charge in [0.15, 0.2) is 0 Å². The van der Waals surface area contributed by atoms with Crippen molar-refractivity contribution in [3.8, 4) is 0 Å². The van der Waals surface area contributed by atoms with Gasteiger partial charge in [0, 0.05) is 51.0 Å². The lowest BCUT2D eigenvalue weighted by molar-refractivity contribution is -0.131. The highest BCUT2D eigenvalue weighted by Crippen LogP contribution is 2.18. The van der Waals surface area contributed by atoms with E-state index < -0.39 is 0 Å². The van der Waals surface area contributed by atoms with Crippen LogP contribution < -0.4 is 4.90 Å². The summed E-state index contributed by atoms with van der Waals surface area (Å²) < 4.78 is 1.79. The number of hydrogen-bond donors (Lipinski definition) is 0. The van der Waals surface area contributed by atoms with Crippen molar-refractivity contribution >= 4 is 17.5 Å². The van der Waals surface area contributed by atoms with Crippen LogP contribution in [-0.2, 0) is 4.79 Å². The van der Waals surface area contributed by atoms with Crippen LogP contribution in [0.5, 0.6) is 0 Å². The van der Waals surface area contributed by atoms with Crippen molar-refractivity contribution in [3.63, 3.8) is 0 Å².